The van der Waals surface area contributed by atoms with Gasteiger partial charge < -0.3 is 23.5 Å². The van der Waals surface area contributed by atoms with Gasteiger partial charge in [0.2, 0.25) is 0 Å². The van der Waals surface area contributed by atoms with Crippen molar-refractivity contribution in [2.45, 2.75) is 38.2 Å². The predicted octanol–water partition coefficient (Wildman–Crippen LogP) is 5.02. The van der Waals surface area contributed by atoms with Crippen molar-refractivity contribution in [1.29, 1.82) is 5.26 Å². The Morgan fingerprint density at radius 2 is 1.88 bits per heavy atom. The zero-order chi connectivity index (χ0) is 27.5. The maximum atomic E-state index is 13.0. The van der Waals surface area contributed by atoms with E-state index in [1.54, 1.807) is 50.0 Å². The molecule has 0 radical (unpaired) electrons. The summed E-state index contributed by atoms with van der Waals surface area (Å²) in [5.74, 6) is 1.29. The monoisotopic (exact) mass is 539 g/mol. The van der Waals surface area contributed by atoms with E-state index in [4.69, 9.17) is 18.6 Å². The van der Waals surface area contributed by atoms with Gasteiger partial charge in [-0.25, -0.2) is 4.98 Å². The maximum absolute atomic E-state index is 13.0. The smallest absolute Gasteiger partial charge is 0.255 e. The van der Waals surface area contributed by atoms with Crippen molar-refractivity contribution < 1.29 is 23.4 Å². The highest BCUT2D eigenvalue weighted by Gasteiger charge is 2.23. The molecular weight excluding hydrogens is 510 g/mol. The Morgan fingerprint density at radius 1 is 1.05 bits per heavy atom. The maximum Gasteiger partial charge on any atom is 0.255 e. The third-order valence-corrected chi connectivity index (χ3v) is 7.33. The van der Waals surface area contributed by atoms with Crippen molar-refractivity contribution in [3.05, 3.63) is 54.0 Å². The number of carbonyl (C=O) groups is 1. The second-order valence-electron chi connectivity index (χ2n) is 9.92. The molecule has 6 rings (SSSR count). The van der Waals surface area contributed by atoms with Crippen LogP contribution in [0.3, 0.4) is 0 Å². The summed E-state index contributed by atoms with van der Waals surface area (Å²) in [7, 11) is 1.54. The van der Waals surface area contributed by atoms with Crippen LogP contribution < -0.4 is 9.47 Å². The zero-order valence-electron chi connectivity index (χ0n) is 22.3. The van der Waals surface area contributed by atoms with Gasteiger partial charge in [0.05, 0.1) is 43.3 Å². The number of piperidine rings is 1. The molecule has 0 aliphatic carbocycles. The first kappa shape index (κ1) is 25.8. The van der Waals surface area contributed by atoms with Gasteiger partial charge in [-0.3, -0.25) is 14.8 Å². The number of methoxy groups -OCH3 is 1. The van der Waals surface area contributed by atoms with E-state index in [1.165, 1.54) is 0 Å². The van der Waals surface area contributed by atoms with Gasteiger partial charge in [-0.2, -0.15) is 5.26 Å². The molecule has 4 aromatic rings. The number of nitrogens with zero attached hydrogens (tertiary/aromatic N) is 5. The molecule has 2 fully saturated rings. The van der Waals surface area contributed by atoms with Gasteiger partial charge in [-0.05, 0) is 37.5 Å². The van der Waals surface area contributed by atoms with Gasteiger partial charge in [0.25, 0.3) is 5.91 Å². The van der Waals surface area contributed by atoms with Crippen LogP contribution in [0.1, 0.15) is 48.0 Å². The molecule has 2 saturated heterocycles. The number of furan rings is 1. The van der Waals surface area contributed by atoms with Crippen LogP contribution in [-0.2, 0) is 4.74 Å². The van der Waals surface area contributed by atoms with Crippen LogP contribution >= 0.6 is 0 Å². The standard InChI is InChI=1S/C30H29N5O5/c1-37-25-14-20(30(36)35-9-3-2-4-10-35)17-34-28(25)26-15-24-29(40-26)22(5-8-32-24)23-13-19(16-31)27(18-33-23)39-21-6-11-38-12-7-21/h5,8,13-15,17-18,21H,2-4,6-7,9-12H2,1H3. The molecule has 0 N–H and O–H groups in total. The summed E-state index contributed by atoms with van der Waals surface area (Å²) in [6, 6.07) is 9.21. The van der Waals surface area contributed by atoms with E-state index >= 15 is 0 Å². The molecule has 0 bridgehead atoms. The molecule has 10 heteroatoms. The first-order valence-electron chi connectivity index (χ1n) is 13.5. The normalized spacial score (nSPS) is 16.1. The van der Waals surface area contributed by atoms with Crippen molar-refractivity contribution in [3.8, 4) is 40.3 Å². The SMILES string of the molecule is COc1cc(C(=O)N2CCCCC2)cnc1-c1cc2nccc(-c3cc(C#N)c(OC4CCOCC4)cn3)c2o1. The Balaban J connectivity index is 1.31. The third-order valence-electron chi connectivity index (χ3n) is 7.33. The summed E-state index contributed by atoms with van der Waals surface area (Å²) in [5, 5.41) is 9.82. The number of nitriles is 1. The van der Waals surface area contributed by atoms with Crippen LogP contribution in [0.2, 0.25) is 0 Å². The molecule has 40 heavy (non-hydrogen) atoms. The number of hydrogen-bond acceptors (Lipinski definition) is 9. The molecule has 0 aromatic carbocycles. The first-order chi connectivity index (χ1) is 19.6. The molecule has 4 aromatic heterocycles. The number of hydrogen-bond donors (Lipinski definition) is 0. The quantitative estimate of drug-likeness (QED) is 0.332. The minimum Gasteiger partial charge on any atom is -0.494 e. The Labute approximate surface area is 231 Å². The van der Waals surface area contributed by atoms with Crippen LogP contribution in [0.5, 0.6) is 11.5 Å². The van der Waals surface area contributed by atoms with E-state index < -0.39 is 0 Å². The molecule has 0 atom stereocenters. The van der Waals surface area contributed by atoms with Crippen molar-refractivity contribution >= 4 is 17.0 Å². The highest BCUT2D eigenvalue weighted by Crippen LogP contribution is 2.37. The largest absolute Gasteiger partial charge is 0.494 e. The lowest BCUT2D eigenvalue weighted by Crippen LogP contribution is -2.35. The van der Waals surface area contributed by atoms with E-state index in [-0.39, 0.29) is 12.0 Å². The van der Waals surface area contributed by atoms with Crippen molar-refractivity contribution in [2.24, 2.45) is 0 Å². The first-order valence-corrected chi connectivity index (χ1v) is 13.5. The van der Waals surface area contributed by atoms with Gasteiger partial charge >= 0.3 is 0 Å². The fraction of sp³-hybridized carbons (Fsp3) is 0.367. The van der Waals surface area contributed by atoms with Crippen molar-refractivity contribution in [3.63, 3.8) is 0 Å². The molecule has 6 heterocycles. The van der Waals surface area contributed by atoms with Crippen LogP contribution in [0.15, 0.2) is 47.3 Å². The van der Waals surface area contributed by atoms with E-state index in [0.717, 1.165) is 45.2 Å². The minimum absolute atomic E-state index is 0.00206. The Morgan fingerprint density at radius 3 is 2.65 bits per heavy atom. The van der Waals surface area contributed by atoms with Crippen LogP contribution in [-0.4, -0.2) is 65.3 Å². The fourth-order valence-corrected chi connectivity index (χ4v) is 5.18. The lowest BCUT2D eigenvalue weighted by atomic mass is 10.1. The highest BCUT2D eigenvalue weighted by atomic mass is 16.5. The number of fused-ring (bicyclic) bond motifs is 1. The molecule has 10 nitrogen and oxygen atoms in total. The van der Waals surface area contributed by atoms with Crippen LogP contribution in [0, 0.1) is 11.3 Å². The number of amides is 1. The number of likely N-dealkylation sites (tertiary alicyclic amines) is 1. The van der Waals surface area contributed by atoms with Gasteiger partial charge in [-0.1, -0.05) is 0 Å². The second kappa shape index (κ2) is 11.3. The Bertz CT molecular complexity index is 1580. The van der Waals surface area contributed by atoms with Gasteiger partial charge in [-0.15, -0.1) is 0 Å². The molecule has 1 amide bonds. The second-order valence-corrected chi connectivity index (χ2v) is 9.92. The molecular formula is C30H29N5O5. The minimum atomic E-state index is -0.0470. The summed E-state index contributed by atoms with van der Waals surface area (Å²) >= 11 is 0. The summed E-state index contributed by atoms with van der Waals surface area (Å²) < 4.78 is 23.3. The Hall–Kier alpha value is -4.49. The van der Waals surface area contributed by atoms with Crippen molar-refractivity contribution in [2.75, 3.05) is 33.4 Å². The molecule has 2 aliphatic rings. The summed E-state index contributed by atoms with van der Waals surface area (Å²) in [4.78, 5) is 28.5. The Kier molecular flexibility index (Phi) is 7.29. The number of aromatic nitrogens is 3. The van der Waals surface area contributed by atoms with Crippen LogP contribution in [0.4, 0.5) is 0 Å². The average molecular weight is 540 g/mol. The van der Waals surface area contributed by atoms with E-state index in [2.05, 4.69) is 21.0 Å². The topological polar surface area (TPSA) is 124 Å². The van der Waals surface area contributed by atoms with Crippen molar-refractivity contribution in [1.82, 2.24) is 19.9 Å². The number of carbonyl (C=O) groups excluding carboxylic acids is 1. The summed E-state index contributed by atoms with van der Waals surface area (Å²) in [5.41, 5.74) is 3.69. The molecule has 0 unspecified atom stereocenters. The van der Waals surface area contributed by atoms with Crippen LogP contribution in [0.25, 0.3) is 33.8 Å². The summed E-state index contributed by atoms with van der Waals surface area (Å²) in [6.45, 7) is 2.80. The van der Waals surface area contributed by atoms with E-state index in [9.17, 15) is 10.1 Å². The molecule has 2 aliphatic heterocycles. The zero-order valence-corrected chi connectivity index (χ0v) is 22.3. The van der Waals surface area contributed by atoms with E-state index in [0.29, 0.717) is 69.7 Å². The molecule has 204 valence electrons. The highest BCUT2D eigenvalue weighted by molar-refractivity contribution is 5.95. The number of ether oxygens (including phenoxy) is 3. The predicted molar refractivity (Wildman–Crippen MR) is 146 cm³/mol. The molecule has 0 saturated carbocycles. The summed E-state index contributed by atoms with van der Waals surface area (Å²) in [6.07, 6.45) is 9.54. The van der Waals surface area contributed by atoms with Gasteiger partial charge in [0.15, 0.2) is 17.1 Å². The molecule has 0 spiro atoms. The van der Waals surface area contributed by atoms with Gasteiger partial charge in [0.1, 0.15) is 29.1 Å². The lowest BCUT2D eigenvalue weighted by molar-refractivity contribution is 0.0253. The average Bonchev–Trinajstić information content (AvgIpc) is 3.46. The number of pyridine rings is 3. The third kappa shape index (κ3) is 5.08. The fourth-order valence-electron chi connectivity index (χ4n) is 5.18. The van der Waals surface area contributed by atoms with Gasteiger partial charge in [0, 0.05) is 50.0 Å². The number of rotatable bonds is 6. The van der Waals surface area contributed by atoms with E-state index in [1.807, 2.05) is 4.90 Å². The lowest BCUT2D eigenvalue weighted by Gasteiger charge is -2.26.